The maximum atomic E-state index is 12.4. The number of nitrogens with one attached hydrogen (secondary N) is 1. The molecule has 1 saturated carbocycles. The third kappa shape index (κ3) is 3.39. The van der Waals surface area contributed by atoms with E-state index in [2.05, 4.69) is 26.1 Å². The Morgan fingerprint density at radius 1 is 1.48 bits per heavy atom. The molecule has 21 heavy (non-hydrogen) atoms. The lowest BCUT2D eigenvalue weighted by atomic mass is 10.1. The van der Waals surface area contributed by atoms with Crippen molar-refractivity contribution in [2.75, 3.05) is 24.7 Å². The molecule has 0 radical (unpaired) electrons. The second-order valence-electron chi connectivity index (χ2n) is 5.54. The van der Waals surface area contributed by atoms with Crippen LogP contribution in [-0.4, -0.2) is 37.7 Å². The van der Waals surface area contributed by atoms with E-state index in [1.54, 1.807) is 0 Å². The molecule has 114 valence electrons. The molecule has 1 aromatic rings. The summed E-state index contributed by atoms with van der Waals surface area (Å²) in [6, 6.07) is 6.11. The highest BCUT2D eigenvalue weighted by Gasteiger charge is 2.33. The van der Waals surface area contributed by atoms with Crippen molar-refractivity contribution in [2.45, 2.75) is 31.5 Å². The average molecular weight is 354 g/mol. The standard InChI is InChI=1S/C15H20BrN3O2/c16-11-1-4-13(10(7-11)8-17)19-5-6-21-9-14(19)15(20)18-12-2-3-12/h1,4,7,12,14H,2-3,5-6,8-9,17H2,(H,18,20). The molecule has 0 bridgehead atoms. The van der Waals surface area contributed by atoms with Crippen LogP contribution in [0.15, 0.2) is 22.7 Å². The Labute approximate surface area is 132 Å². The smallest absolute Gasteiger partial charge is 0.245 e. The predicted octanol–water partition coefficient (Wildman–Crippen LogP) is 1.39. The molecule has 1 heterocycles. The summed E-state index contributed by atoms with van der Waals surface area (Å²) in [6.45, 7) is 2.21. The highest BCUT2D eigenvalue weighted by Crippen LogP contribution is 2.28. The Morgan fingerprint density at radius 3 is 3.00 bits per heavy atom. The van der Waals surface area contributed by atoms with E-state index in [0.29, 0.717) is 32.3 Å². The first-order chi connectivity index (χ1) is 10.2. The van der Waals surface area contributed by atoms with Crippen LogP contribution in [0.4, 0.5) is 5.69 Å². The van der Waals surface area contributed by atoms with Gasteiger partial charge < -0.3 is 20.7 Å². The van der Waals surface area contributed by atoms with Crippen LogP contribution in [0.2, 0.25) is 0 Å². The summed E-state index contributed by atoms with van der Waals surface area (Å²) >= 11 is 3.47. The summed E-state index contributed by atoms with van der Waals surface area (Å²) in [6.07, 6.45) is 2.18. The Kier molecular flexibility index (Phi) is 4.47. The van der Waals surface area contributed by atoms with Crippen LogP contribution < -0.4 is 16.0 Å². The fourth-order valence-corrected chi connectivity index (χ4v) is 3.04. The van der Waals surface area contributed by atoms with Gasteiger partial charge in [0.15, 0.2) is 0 Å². The van der Waals surface area contributed by atoms with Crippen molar-refractivity contribution in [3.63, 3.8) is 0 Å². The quantitative estimate of drug-likeness (QED) is 0.858. The molecule has 1 unspecified atom stereocenters. The van der Waals surface area contributed by atoms with Gasteiger partial charge in [-0.2, -0.15) is 0 Å². The number of morpholine rings is 1. The van der Waals surface area contributed by atoms with Crippen molar-refractivity contribution in [3.05, 3.63) is 28.2 Å². The first-order valence-corrected chi connectivity index (χ1v) is 8.11. The lowest BCUT2D eigenvalue weighted by molar-refractivity contribution is -0.124. The van der Waals surface area contributed by atoms with Gasteiger partial charge in [0.1, 0.15) is 6.04 Å². The Morgan fingerprint density at radius 2 is 2.29 bits per heavy atom. The first kappa shape index (κ1) is 14.8. The summed E-state index contributed by atoms with van der Waals surface area (Å²) in [5, 5.41) is 3.07. The van der Waals surface area contributed by atoms with Gasteiger partial charge in [-0.1, -0.05) is 15.9 Å². The van der Waals surface area contributed by atoms with Crippen molar-refractivity contribution < 1.29 is 9.53 Å². The van der Waals surface area contributed by atoms with Crippen molar-refractivity contribution in [1.82, 2.24) is 5.32 Å². The Balaban J connectivity index is 1.84. The van der Waals surface area contributed by atoms with Gasteiger partial charge in [0.2, 0.25) is 5.91 Å². The molecular weight excluding hydrogens is 334 g/mol. The van der Waals surface area contributed by atoms with Gasteiger partial charge in [0.05, 0.1) is 13.2 Å². The molecular formula is C15H20BrN3O2. The summed E-state index contributed by atoms with van der Waals surface area (Å²) in [4.78, 5) is 14.5. The molecule has 3 rings (SSSR count). The molecule has 2 aliphatic rings. The largest absolute Gasteiger partial charge is 0.377 e. The lowest BCUT2D eigenvalue weighted by Gasteiger charge is -2.37. The highest BCUT2D eigenvalue weighted by molar-refractivity contribution is 9.10. The van der Waals surface area contributed by atoms with Crippen LogP contribution >= 0.6 is 15.9 Å². The summed E-state index contributed by atoms with van der Waals surface area (Å²) in [5.74, 6) is 0.0584. The third-order valence-electron chi connectivity index (χ3n) is 3.93. The molecule has 1 aliphatic carbocycles. The number of rotatable bonds is 4. The van der Waals surface area contributed by atoms with Gasteiger partial charge in [-0.25, -0.2) is 0 Å². The number of hydrogen-bond donors (Lipinski definition) is 2. The van der Waals surface area contributed by atoms with Crippen LogP contribution in [0, 0.1) is 0 Å². The Bertz CT molecular complexity index is 534. The normalized spacial score (nSPS) is 22.2. The van der Waals surface area contributed by atoms with Crippen LogP contribution in [0.3, 0.4) is 0 Å². The van der Waals surface area contributed by atoms with E-state index < -0.39 is 0 Å². The van der Waals surface area contributed by atoms with E-state index in [-0.39, 0.29) is 11.9 Å². The number of amides is 1. The number of halogens is 1. The number of benzene rings is 1. The van der Waals surface area contributed by atoms with E-state index in [0.717, 1.165) is 28.6 Å². The van der Waals surface area contributed by atoms with Crippen LogP contribution in [0.1, 0.15) is 18.4 Å². The first-order valence-electron chi connectivity index (χ1n) is 7.32. The molecule has 1 saturated heterocycles. The molecule has 1 aliphatic heterocycles. The topological polar surface area (TPSA) is 67.6 Å². The minimum atomic E-state index is -0.272. The van der Waals surface area contributed by atoms with E-state index in [9.17, 15) is 4.79 Å². The van der Waals surface area contributed by atoms with Crippen molar-refractivity contribution in [3.8, 4) is 0 Å². The molecule has 6 heteroatoms. The van der Waals surface area contributed by atoms with Gasteiger partial charge in [0, 0.05) is 29.3 Å². The zero-order valence-electron chi connectivity index (χ0n) is 11.8. The van der Waals surface area contributed by atoms with Crippen LogP contribution in [0.5, 0.6) is 0 Å². The van der Waals surface area contributed by atoms with Crippen LogP contribution in [-0.2, 0) is 16.1 Å². The maximum Gasteiger partial charge on any atom is 0.245 e. The van der Waals surface area contributed by atoms with E-state index in [1.807, 2.05) is 18.2 Å². The second-order valence-corrected chi connectivity index (χ2v) is 6.46. The number of hydrogen-bond acceptors (Lipinski definition) is 4. The maximum absolute atomic E-state index is 12.4. The van der Waals surface area contributed by atoms with Crippen LogP contribution in [0.25, 0.3) is 0 Å². The predicted molar refractivity (Wildman–Crippen MR) is 85.2 cm³/mol. The van der Waals surface area contributed by atoms with Gasteiger partial charge >= 0.3 is 0 Å². The number of nitrogens with two attached hydrogens (primary N) is 1. The fourth-order valence-electron chi connectivity index (χ4n) is 2.63. The number of carbonyl (C=O) groups excluding carboxylic acids is 1. The minimum absolute atomic E-state index is 0.0584. The number of ether oxygens (including phenoxy) is 1. The number of carbonyl (C=O) groups is 1. The average Bonchev–Trinajstić information content (AvgIpc) is 3.31. The van der Waals surface area contributed by atoms with E-state index in [4.69, 9.17) is 10.5 Å². The summed E-state index contributed by atoms with van der Waals surface area (Å²) in [5.41, 5.74) is 7.92. The highest BCUT2D eigenvalue weighted by atomic mass is 79.9. The van der Waals surface area contributed by atoms with Crippen molar-refractivity contribution >= 4 is 27.5 Å². The fraction of sp³-hybridized carbons (Fsp3) is 0.533. The molecule has 1 atom stereocenters. The molecule has 3 N–H and O–H groups in total. The second kappa shape index (κ2) is 6.34. The molecule has 1 amide bonds. The van der Waals surface area contributed by atoms with E-state index >= 15 is 0 Å². The summed E-state index contributed by atoms with van der Waals surface area (Å²) in [7, 11) is 0. The van der Waals surface area contributed by atoms with Crippen molar-refractivity contribution in [1.29, 1.82) is 0 Å². The zero-order chi connectivity index (χ0) is 14.8. The molecule has 5 nitrogen and oxygen atoms in total. The van der Waals surface area contributed by atoms with Crippen molar-refractivity contribution in [2.24, 2.45) is 5.73 Å². The Hall–Kier alpha value is -1.11. The monoisotopic (exact) mass is 353 g/mol. The number of nitrogens with zero attached hydrogens (tertiary/aromatic N) is 1. The van der Waals surface area contributed by atoms with Gasteiger partial charge in [-0.05, 0) is 36.6 Å². The molecule has 0 spiro atoms. The van der Waals surface area contributed by atoms with E-state index in [1.165, 1.54) is 0 Å². The zero-order valence-corrected chi connectivity index (χ0v) is 13.4. The third-order valence-corrected chi connectivity index (χ3v) is 4.42. The van der Waals surface area contributed by atoms with Gasteiger partial charge in [0.25, 0.3) is 0 Å². The van der Waals surface area contributed by atoms with Gasteiger partial charge in [-0.15, -0.1) is 0 Å². The lowest BCUT2D eigenvalue weighted by Crippen LogP contribution is -2.54. The number of anilines is 1. The van der Waals surface area contributed by atoms with Gasteiger partial charge in [-0.3, -0.25) is 4.79 Å². The minimum Gasteiger partial charge on any atom is -0.377 e. The summed E-state index contributed by atoms with van der Waals surface area (Å²) < 4.78 is 6.51. The molecule has 1 aromatic carbocycles. The molecule has 0 aromatic heterocycles. The molecule has 2 fully saturated rings. The SMILES string of the molecule is NCc1cc(Br)ccc1N1CCOCC1C(=O)NC1CC1.